The quantitative estimate of drug-likeness (QED) is 0.574. The molecule has 1 fully saturated rings. The van der Waals surface area contributed by atoms with E-state index in [1.807, 2.05) is 0 Å². The molecule has 0 aromatic carbocycles. The van der Waals surface area contributed by atoms with Crippen LogP contribution in [0.1, 0.15) is 40.5 Å². The van der Waals surface area contributed by atoms with E-state index in [0.717, 1.165) is 12.8 Å². The molecule has 1 saturated heterocycles. The summed E-state index contributed by atoms with van der Waals surface area (Å²) in [6.07, 6.45) is 2.74. The number of hydrogen-bond donors (Lipinski definition) is 3. The van der Waals surface area contributed by atoms with E-state index in [4.69, 9.17) is 0 Å². The molecule has 1 aliphatic rings. The van der Waals surface area contributed by atoms with E-state index in [1.54, 1.807) is 0 Å². The molecular formula is C13H21N5O3. The third-order valence-corrected chi connectivity index (χ3v) is 3.54. The fraction of sp³-hybridized carbons (Fsp3) is 0.692. The van der Waals surface area contributed by atoms with Crippen LogP contribution in [0.25, 0.3) is 0 Å². The predicted octanol–water partition coefficient (Wildman–Crippen LogP) is 1.40. The molecule has 21 heavy (non-hydrogen) atoms. The van der Waals surface area contributed by atoms with Gasteiger partial charge in [-0.05, 0) is 40.5 Å². The average Bonchev–Trinajstić information content (AvgIpc) is 2.23. The number of rotatable bonds is 3. The van der Waals surface area contributed by atoms with Crippen LogP contribution in [0, 0.1) is 10.1 Å². The molecule has 1 aliphatic heterocycles. The number of aromatic amines is 1. The van der Waals surface area contributed by atoms with E-state index in [2.05, 4.69) is 48.3 Å². The summed E-state index contributed by atoms with van der Waals surface area (Å²) in [4.78, 5) is 28.1. The largest absolute Gasteiger partial charge is 0.375 e. The lowest BCUT2D eigenvalue weighted by molar-refractivity contribution is -0.385. The number of nitro groups is 1. The van der Waals surface area contributed by atoms with Gasteiger partial charge in [0.15, 0.2) is 0 Å². The molecule has 0 spiro atoms. The molecule has 116 valence electrons. The van der Waals surface area contributed by atoms with Gasteiger partial charge in [0.25, 0.3) is 0 Å². The lowest BCUT2D eigenvalue weighted by Gasteiger charge is -2.46. The van der Waals surface area contributed by atoms with Crippen LogP contribution in [0.3, 0.4) is 0 Å². The summed E-state index contributed by atoms with van der Waals surface area (Å²) in [5.74, 6) is 0.0299. The summed E-state index contributed by atoms with van der Waals surface area (Å²) < 4.78 is 0. The molecule has 3 N–H and O–H groups in total. The zero-order valence-corrected chi connectivity index (χ0v) is 12.7. The van der Waals surface area contributed by atoms with Gasteiger partial charge in [0.1, 0.15) is 0 Å². The lowest BCUT2D eigenvalue weighted by atomic mass is 9.79. The van der Waals surface area contributed by atoms with Crippen molar-refractivity contribution >= 4 is 11.5 Å². The minimum absolute atomic E-state index is 0.00394. The van der Waals surface area contributed by atoms with Crippen molar-refractivity contribution in [3.05, 3.63) is 26.8 Å². The maximum absolute atomic E-state index is 11.6. The molecule has 0 atom stereocenters. The van der Waals surface area contributed by atoms with Crippen molar-refractivity contribution in [1.82, 2.24) is 15.3 Å². The Morgan fingerprint density at radius 2 is 1.90 bits per heavy atom. The van der Waals surface area contributed by atoms with Crippen LogP contribution in [-0.4, -0.2) is 32.0 Å². The molecule has 0 unspecified atom stereocenters. The number of anilines is 1. The Hall–Kier alpha value is -1.96. The molecule has 1 aromatic rings. The first-order valence-electron chi connectivity index (χ1n) is 6.88. The highest BCUT2D eigenvalue weighted by atomic mass is 16.6. The molecule has 0 saturated carbocycles. The summed E-state index contributed by atoms with van der Waals surface area (Å²) in [7, 11) is 0. The van der Waals surface area contributed by atoms with Gasteiger partial charge in [0.05, 0.1) is 11.3 Å². The molecular weight excluding hydrogens is 274 g/mol. The molecule has 2 rings (SSSR count). The van der Waals surface area contributed by atoms with Gasteiger partial charge < -0.3 is 15.6 Å². The van der Waals surface area contributed by atoms with Crippen LogP contribution in [-0.2, 0) is 0 Å². The molecule has 1 aromatic heterocycles. The van der Waals surface area contributed by atoms with Crippen molar-refractivity contribution in [1.29, 1.82) is 0 Å². The Kier molecular flexibility index (Phi) is 3.75. The van der Waals surface area contributed by atoms with E-state index in [-0.39, 0.29) is 22.9 Å². The monoisotopic (exact) mass is 295 g/mol. The zero-order valence-electron chi connectivity index (χ0n) is 12.7. The normalized spacial score (nSPS) is 21.0. The van der Waals surface area contributed by atoms with Crippen molar-refractivity contribution in [2.24, 2.45) is 0 Å². The number of aromatic nitrogens is 2. The summed E-state index contributed by atoms with van der Waals surface area (Å²) in [6.45, 7) is 8.34. The molecule has 0 amide bonds. The predicted molar refractivity (Wildman–Crippen MR) is 79.5 cm³/mol. The highest BCUT2D eigenvalue weighted by Gasteiger charge is 2.38. The fourth-order valence-corrected chi connectivity index (χ4v) is 3.29. The SMILES string of the molecule is CC1(C)CC(Nc2nc[nH]c(=O)c2[N+](=O)[O-])CC(C)(C)N1. The van der Waals surface area contributed by atoms with Gasteiger partial charge in [-0.1, -0.05) is 0 Å². The van der Waals surface area contributed by atoms with Crippen molar-refractivity contribution in [3.8, 4) is 0 Å². The third-order valence-electron chi connectivity index (χ3n) is 3.54. The molecule has 0 radical (unpaired) electrons. The molecule has 2 heterocycles. The van der Waals surface area contributed by atoms with E-state index in [0.29, 0.717) is 0 Å². The first kappa shape index (κ1) is 15.4. The highest BCUT2D eigenvalue weighted by Crippen LogP contribution is 2.31. The van der Waals surface area contributed by atoms with Crippen LogP contribution in [0.5, 0.6) is 0 Å². The molecule has 0 aliphatic carbocycles. The average molecular weight is 295 g/mol. The summed E-state index contributed by atoms with van der Waals surface area (Å²) >= 11 is 0. The number of piperidine rings is 1. The van der Waals surface area contributed by atoms with E-state index in [9.17, 15) is 14.9 Å². The Bertz CT molecular complexity index is 592. The fourth-order valence-electron chi connectivity index (χ4n) is 3.29. The number of H-pyrrole nitrogens is 1. The maximum atomic E-state index is 11.6. The van der Waals surface area contributed by atoms with Crippen molar-refractivity contribution < 1.29 is 4.92 Å². The van der Waals surface area contributed by atoms with Gasteiger partial charge in [0, 0.05) is 17.1 Å². The lowest BCUT2D eigenvalue weighted by Crippen LogP contribution is -2.60. The molecule has 8 nitrogen and oxygen atoms in total. The minimum Gasteiger partial charge on any atom is -0.361 e. The summed E-state index contributed by atoms with van der Waals surface area (Å²) in [5.41, 5.74) is -1.48. The Morgan fingerprint density at radius 3 is 2.43 bits per heavy atom. The van der Waals surface area contributed by atoms with E-state index >= 15 is 0 Å². The molecule has 8 heteroatoms. The number of hydrogen-bond acceptors (Lipinski definition) is 6. The first-order valence-corrected chi connectivity index (χ1v) is 6.88. The second kappa shape index (κ2) is 5.10. The third kappa shape index (κ3) is 3.57. The van der Waals surface area contributed by atoms with Crippen LogP contribution >= 0.6 is 0 Å². The van der Waals surface area contributed by atoms with Crippen molar-refractivity contribution in [2.75, 3.05) is 5.32 Å². The molecule has 0 bridgehead atoms. The van der Waals surface area contributed by atoms with Crippen LogP contribution in [0.15, 0.2) is 11.1 Å². The zero-order chi connectivity index (χ0) is 15.8. The minimum atomic E-state index is -0.745. The second-order valence-corrected chi connectivity index (χ2v) is 6.83. The van der Waals surface area contributed by atoms with Gasteiger partial charge in [0.2, 0.25) is 5.82 Å². The van der Waals surface area contributed by atoms with Crippen LogP contribution < -0.4 is 16.2 Å². The maximum Gasteiger partial charge on any atom is 0.375 e. The Labute approximate surface area is 122 Å². The summed E-state index contributed by atoms with van der Waals surface area (Å²) in [6, 6.07) is 0.00394. The number of nitrogens with one attached hydrogen (secondary N) is 3. The standard InChI is InChI=1S/C13H21N5O3/c1-12(2)5-8(6-13(3,4)17-12)16-10-9(18(20)21)11(19)15-7-14-10/h7-8,17H,5-6H2,1-4H3,(H2,14,15,16,19). The number of nitrogens with zero attached hydrogens (tertiary/aromatic N) is 2. The topological polar surface area (TPSA) is 113 Å². The van der Waals surface area contributed by atoms with Gasteiger partial charge in [-0.2, -0.15) is 0 Å². The first-order chi connectivity index (χ1) is 9.60. The van der Waals surface area contributed by atoms with E-state index < -0.39 is 16.2 Å². The second-order valence-electron chi connectivity index (χ2n) is 6.83. The van der Waals surface area contributed by atoms with Crippen LogP contribution in [0.4, 0.5) is 11.5 Å². The summed E-state index contributed by atoms with van der Waals surface area (Å²) in [5, 5.41) is 17.6. The van der Waals surface area contributed by atoms with Crippen LogP contribution in [0.2, 0.25) is 0 Å². The highest BCUT2D eigenvalue weighted by molar-refractivity contribution is 5.54. The Morgan fingerprint density at radius 1 is 1.33 bits per heavy atom. The van der Waals surface area contributed by atoms with Crippen molar-refractivity contribution in [3.63, 3.8) is 0 Å². The van der Waals surface area contributed by atoms with E-state index in [1.165, 1.54) is 6.33 Å². The van der Waals surface area contributed by atoms with Crippen molar-refractivity contribution in [2.45, 2.75) is 57.7 Å². The Balaban J connectivity index is 2.28. The van der Waals surface area contributed by atoms with Gasteiger partial charge in [-0.3, -0.25) is 14.9 Å². The van der Waals surface area contributed by atoms with Gasteiger partial charge in [-0.15, -0.1) is 0 Å². The van der Waals surface area contributed by atoms with Gasteiger partial charge >= 0.3 is 11.2 Å². The van der Waals surface area contributed by atoms with Gasteiger partial charge in [-0.25, -0.2) is 4.98 Å². The smallest absolute Gasteiger partial charge is 0.361 e.